The van der Waals surface area contributed by atoms with Gasteiger partial charge < -0.3 is 5.11 Å². The molecule has 0 aliphatic heterocycles. The first-order valence-corrected chi connectivity index (χ1v) is 5.64. The molecule has 2 nitrogen and oxygen atoms in total. The Bertz CT molecular complexity index is 431. The lowest BCUT2D eigenvalue weighted by molar-refractivity contribution is 0.474. The lowest BCUT2D eigenvalue weighted by Crippen LogP contribution is -1.80. The molecule has 0 amide bonds. The predicted molar refractivity (Wildman–Crippen MR) is 61.9 cm³/mol. The van der Waals surface area contributed by atoms with E-state index in [9.17, 15) is 5.11 Å². The lowest BCUT2D eigenvalue weighted by Gasteiger charge is -2.01. The summed E-state index contributed by atoms with van der Waals surface area (Å²) in [5.41, 5.74) is 1.23. The zero-order valence-electron chi connectivity index (χ0n) is 8.13. The summed E-state index contributed by atoms with van der Waals surface area (Å²) in [4.78, 5) is 5.04. The van der Waals surface area contributed by atoms with Crippen molar-refractivity contribution in [1.82, 2.24) is 4.98 Å². The first kappa shape index (κ1) is 10.1. The van der Waals surface area contributed by atoms with Gasteiger partial charge in [-0.2, -0.15) is 0 Å². The Morgan fingerprint density at radius 2 is 1.93 bits per heavy atom. The number of hydrogen-bond donors (Lipinski definition) is 1. The standard InChI is InChI=1S/C12H11NOS/c14-11-2-1-3-12(8-11)15-9-10-4-6-13-7-5-10/h1-8,14H,9H2. The van der Waals surface area contributed by atoms with E-state index in [1.54, 1.807) is 36.3 Å². The number of pyridine rings is 1. The zero-order valence-corrected chi connectivity index (χ0v) is 8.95. The normalized spacial score (nSPS) is 10.1. The number of phenols is 1. The summed E-state index contributed by atoms with van der Waals surface area (Å²) in [5, 5.41) is 9.29. The van der Waals surface area contributed by atoms with Gasteiger partial charge in [0, 0.05) is 23.0 Å². The van der Waals surface area contributed by atoms with Crippen LogP contribution in [0.15, 0.2) is 53.7 Å². The molecule has 1 aromatic carbocycles. The van der Waals surface area contributed by atoms with Crippen LogP contribution in [-0.2, 0) is 5.75 Å². The Morgan fingerprint density at radius 1 is 1.13 bits per heavy atom. The molecule has 1 heterocycles. The van der Waals surface area contributed by atoms with Gasteiger partial charge in [-0.25, -0.2) is 0 Å². The van der Waals surface area contributed by atoms with Crippen LogP contribution in [-0.4, -0.2) is 10.1 Å². The second-order valence-electron chi connectivity index (χ2n) is 3.14. The highest BCUT2D eigenvalue weighted by Crippen LogP contribution is 2.25. The van der Waals surface area contributed by atoms with Crippen LogP contribution in [0.2, 0.25) is 0 Å². The average molecular weight is 217 g/mol. The van der Waals surface area contributed by atoms with Gasteiger partial charge in [0.1, 0.15) is 5.75 Å². The molecule has 0 atom stereocenters. The van der Waals surface area contributed by atoms with Crippen molar-refractivity contribution in [2.24, 2.45) is 0 Å². The van der Waals surface area contributed by atoms with E-state index >= 15 is 0 Å². The molecule has 3 heteroatoms. The molecule has 0 saturated heterocycles. The molecule has 0 bridgehead atoms. The summed E-state index contributed by atoms with van der Waals surface area (Å²) in [7, 11) is 0. The van der Waals surface area contributed by atoms with E-state index in [1.807, 2.05) is 24.3 Å². The van der Waals surface area contributed by atoms with Crippen LogP contribution in [0.25, 0.3) is 0 Å². The summed E-state index contributed by atoms with van der Waals surface area (Å²) >= 11 is 1.70. The van der Waals surface area contributed by atoms with Crippen molar-refractivity contribution in [3.63, 3.8) is 0 Å². The SMILES string of the molecule is Oc1cccc(SCc2ccncc2)c1. The molecule has 0 aliphatic carbocycles. The molecule has 2 aromatic rings. The Morgan fingerprint density at radius 3 is 2.67 bits per heavy atom. The minimum atomic E-state index is 0.315. The number of aromatic hydroxyl groups is 1. The van der Waals surface area contributed by atoms with Crippen LogP contribution < -0.4 is 0 Å². The Balaban J connectivity index is 1.99. The maximum absolute atomic E-state index is 9.29. The number of aromatic nitrogens is 1. The fourth-order valence-corrected chi connectivity index (χ4v) is 2.12. The van der Waals surface area contributed by atoms with Gasteiger partial charge in [-0.1, -0.05) is 6.07 Å². The van der Waals surface area contributed by atoms with E-state index in [0.29, 0.717) is 5.75 Å². The molecule has 2 rings (SSSR count). The molecule has 1 N–H and O–H groups in total. The van der Waals surface area contributed by atoms with Crippen LogP contribution in [0.4, 0.5) is 0 Å². The third kappa shape index (κ3) is 2.99. The molecule has 0 radical (unpaired) electrons. The van der Waals surface area contributed by atoms with Gasteiger partial charge in [0.25, 0.3) is 0 Å². The van der Waals surface area contributed by atoms with Crippen LogP contribution in [0.1, 0.15) is 5.56 Å². The van der Waals surface area contributed by atoms with Crippen molar-refractivity contribution in [3.05, 3.63) is 54.4 Å². The highest BCUT2D eigenvalue weighted by molar-refractivity contribution is 7.98. The van der Waals surface area contributed by atoms with E-state index in [1.165, 1.54) is 5.56 Å². The summed E-state index contributed by atoms with van der Waals surface area (Å²) in [5.74, 6) is 1.21. The minimum Gasteiger partial charge on any atom is -0.508 e. The topological polar surface area (TPSA) is 33.1 Å². The smallest absolute Gasteiger partial charge is 0.116 e. The van der Waals surface area contributed by atoms with Crippen LogP contribution in [0, 0.1) is 0 Å². The van der Waals surface area contributed by atoms with Crippen molar-refractivity contribution in [3.8, 4) is 5.75 Å². The molecule has 15 heavy (non-hydrogen) atoms. The van der Waals surface area contributed by atoms with Crippen LogP contribution in [0.5, 0.6) is 5.75 Å². The summed E-state index contributed by atoms with van der Waals surface area (Å²) in [6.45, 7) is 0. The zero-order chi connectivity index (χ0) is 10.5. The van der Waals surface area contributed by atoms with Gasteiger partial charge in [0.05, 0.1) is 0 Å². The van der Waals surface area contributed by atoms with E-state index < -0.39 is 0 Å². The lowest BCUT2D eigenvalue weighted by atomic mass is 10.3. The molecule has 0 aliphatic rings. The Kier molecular flexibility index (Phi) is 3.25. The van der Waals surface area contributed by atoms with Gasteiger partial charge in [-0.3, -0.25) is 4.98 Å². The van der Waals surface area contributed by atoms with Crippen molar-refractivity contribution < 1.29 is 5.11 Å². The van der Waals surface area contributed by atoms with Crippen LogP contribution >= 0.6 is 11.8 Å². The summed E-state index contributed by atoms with van der Waals surface area (Å²) in [6, 6.07) is 11.3. The quantitative estimate of drug-likeness (QED) is 0.802. The van der Waals surface area contributed by atoms with Gasteiger partial charge >= 0.3 is 0 Å². The number of benzene rings is 1. The van der Waals surface area contributed by atoms with E-state index in [4.69, 9.17) is 0 Å². The van der Waals surface area contributed by atoms with E-state index in [2.05, 4.69) is 4.98 Å². The first-order valence-electron chi connectivity index (χ1n) is 4.65. The van der Waals surface area contributed by atoms with Crippen molar-refractivity contribution in [1.29, 1.82) is 0 Å². The van der Waals surface area contributed by atoms with Gasteiger partial charge in [0.15, 0.2) is 0 Å². The molecule has 0 saturated carbocycles. The Labute approximate surface area is 93.0 Å². The first-order chi connectivity index (χ1) is 7.34. The second kappa shape index (κ2) is 4.84. The van der Waals surface area contributed by atoms with E-state index in [0.717, 1.165) is 10.6 Å². The predicted octanol–water partition coefficient (Wildman–Crippen LogP) is 3.08. The second-order valence-corrected chi connectivity index (χ2v) is 4.19. The molecule has 76 valence electrons. The highest BCUT2D eigenvalue weighted by atomic mass is 32.2. The fourth-order valence-electron chi connectivity index (χ4n) is 1.22. The molecular weight excluding hydrogens is 206 g/mol. The molecule has 0 fully saturated rings. The van der Waals surface area contributed by atoms with Crippen molar-refractivity contribution >= 4 is 11.8 Å². The Hall–Kier alpha value is -1.48. The molecule has 1 aromatic heterocycles. The molecular formula is C12H11NOS. The van der Waals surface area contributed by atoms with Gasteiger partial charge in [-0.15, -0.1) is 11.8 Å². The van der Waals surface area contributed by atoms with Crippen molar-refractivity contribution in [2.75, 3.05) is 0 Å². The maximum atomic E-state index is 9.29. The number of thioether (sulfide) groups is 1. The fraction of sp³-hybridized carbons (Fsp3) is 0.0833. The third-order valence-corrected chi connectivity index (χ3v) is 3.04. The molecule has 0 spiro atoms. The number of phenolic OH excluding ortho intramolecular Hbond substituents is 1. The summed E-state index contributed by atoms with van der Waals surface area (Å²) < 4.78 is 0. The van der Waals surface area contributed by atoms with Crippen molar-refractivity contribution in [2.45, 2.75) is 10.6 Å². The molecule has 0 unspecified atom stereocenters. The van der Waals surface area contributed by atoms with Gasteiger partial charge in [0.2, 0.25) is 0 Å². The third-order valence-electron chi connectivity index (χ3n) is 1.97. The monoisotopic (exact) mass is 217 g/mol. The van der Waals surface area contributed by atoms with E-state index in [-0.39, 0.29) is 0 Å². The van der Waals surface area contributed by atoms with Crippen LogP contribution in [0.3, 0.4) is 0 Å². The minimum absolute atomic E-state index is 0.315. The summed E-state index contributed by atoms with van der Waals surface area (Å²) in [6.07, 6.45) is 3.58. The number of nitrogens with zero attached hydrogens (tertiary/aromatic N) is 1. The van der Waals surface area contributed by atoms with Gasteiger partial charge in [-0.05, 0) is 35.9 Å². The maximum Gasteiger partial charge on any atom is 0.116 e. The number of rotatable bonds is 3. The highest BCUT2D eigenvalue weighted by Gasteiger charge is 1.96. The average Bonchev–Trinajstić information content (AvgIpc) is 2.28. The largest absolute Gasteiger partial charge is 0.508 e. The number of hydrogen-bond acceptors (Lipinski definition) is 3.